The molecule has 0 aliphatic carbocycles. The Morgan fingerprint density at radius 3 is 2.76 bits per heavy atom. The van der Waals surface area contributed by atoms with Crippen LogP contribution in [0.15, 0.2) is 12.3 Å². The molecular weight excluding hydrogens is 233 g/mol. The van der Waals surface area contributed by atoms with E-state index in [1.54, 1.807) is 6.92 Å². The Kier molecular flexibility index (Phi) is 2.60. The molecule has 0 aliphatic heterocycles. The van der Waals surface area contributed by atoms with Crippen LogP contribution in [0.3, 0.4) is 0 Å². The van der Waals surface area contributed by atoms with Gasteiger partial charge in [-0.3, -0.25) is 0 Å². The summed E-state index contributed by atoms with van der Waals surface area (Å²) in [6.45, 7) is 2.30. The molecule has 0 spiro atoms. The van der Waals surface area contributed by atoms with Crippen LogP contribution in [0.4, 0.5) is 24.7 Å². The molecule has 0 aromatic carbocycles. The highest BCUT2D eigenvalue weighted by atomic mass is 19.4. The van der Waals surface area contributed by atoms with Gasteiger partial charge in [0.1, 0.15) is 11.5 Å². The van der Waals surface area contributed by atoms with E-state index in [2.05, 4.69) is 15.3 Å². The maximum atomic E-state index is 12.8. The van der Waals surface area contributed by atoms with Crippen molar-refractivity contribution in [2.75, 3.05) is 17.6 Å². The highest BCUT2D eigenvalue weighted by molar-refractivity contribution is 5.94. The van der Waals surface area contributed by atoms with Gasteiger partial charge in [0, 0.05) is 24.5 Å². The number of rotatable bonds is 2. The van der Waals surface area contributed by atoms with Crippen molar-refractivity contribution in [2.45, 2.75) is 13.1 Å². The van der Waals surface area contributed by atoms with Gasteiger partial charge in [-0.2, -0.15) is 13.2 Å². The van der Waals surface area contributed by atoms with Crippen molar-refractivity contribution in [3.63, 3.8) is 0 Å². The van der Waals surface area contributed by atoms with E-state index in [-0.39, 0.29) is 16.9 Å². The van der Waals surface area contributed by atoms with Crippen LogP contribution in [0.25, 0.3) is 11.0 Å². The zero-order chi connectivity index (χ0) is 12.6. The highest BCUT2D eigenvalue weighted by Crippen LogP contribution is 2.38. The number of nitrogens with zero attached hydrogens (tertiary/aromatic N) is 1. The van der Waals surface area contributed by atoms with E-state index in [9.17, 15) is 13.2 Å². The van der Waals surface area contributed by atoms with E-state index in [0.29, 0.717) is 12.2 Å². The summed E-state index contributed by atoms with van der Waals surface area (Å²) in [6.07, 6.45) is -3.52. The van der Waals surface area contributed by atoms with Crippen LogP contribution < -0.4 is 11.1 Å². The van der Waals surface area contributed by atoms with Crippen molar-refractivity contribution < 1.29 is 13.2 Å². The first kappa shape index (κ1) is 11.6. The minimum Gasteiger partial charge on any atom is -0.385 e. The fraction of sp³-hybridized carbons (Fsp3) is 0.300. The second-order valence-electron chi connectivity index (χ2n) is 3.55. The molecule has 0 aliphatic rings. The Morgan fingerprint density at radius 1 is 1.47 bits per heavy atom. The molecule has 0 unspecified atom stereocenters. The number of fused-ring (bicyclic) bond motifs is 1. The normalized spacial score (nSPS) is 12.0. The second kappa shape index (κ2) is 3.83. The van der Waals surface area contributed by atoms with E-state index in [1.165, 1.54) is 6.07 Å². The first-order valence-corrected chi connectivity index (χ1v) is 5.02. The number of nitrogens with two attached hydrogens (primary N) is 1. The van der Waals surface area contributed by atoms with Crippen LogP contribution in [-0.4, -0.2) is 16.5 Å². The molecule has 0 bridgehead atoms. The molecule has 2 aromatic rings. The number of hydrogen-bond donors (Lipinski definition) is 3. The van der Waals surface area contributed by atoms with Gasteiger partial charge in [-0.05, 0) is 6.92 Å². The monoisotopic (exact) mass is 244 g/mol. The summed E-state index contributed by atoms with van der Waals surface area (Å²) in [6, 6.07) is 1.40. The van der Waals surface area contributed by atoms with Gasteiger partial charge in [-0.15, -0.1) is 0 Å². The number of H-pyrrole nitrogens is 1. The summed E-state index contributed by atoms with van der Waals surface area (Å²) >= 11 is 0. The van der Waals surface area contributed by atoms with Gasteiger partial charge >= 0.3 is 6.18 Å². The van der Waals surface area contributed by atoms with Crippen LogP contribution in [0.1, 0.15) is 12.5 Å². The minimum atomic E-state index is -4.42. The number of alkyl halides is 3. The van der Waals surface area contributed by atoms with E-state index in [1.807, 2.05) is 0 Å². The number of halogens is 3. The Morgan fingerprint density at radius 2 is 2.18 bits per heavy atom. The number of aromatic amines is 1. The molecule has 17 heavy (non-hydrogen) atoms. The zero-order valence-electron chi connectivity index (χ0n) is 9.02. The molecule has 2 rings (SSSR count). The molecular formula is C10H11F3N4. The molecule has 4 N–H and O–H groups in total. The molecule has 7 heteroatoms. The van der Waals surface area contributed by atoms with Crippen molar-refractivity contribution in [3.8, 4) is 0 Å². The van der Waals surface area contributed by atoms with E-state index in [4.69, 9.17) is 5.73 Å². The summed E-state index contributed by atoms with van der Waals surface area (Å²) in [7, 11) is 0. The lowest BCUT2D eigenvalue weighted by molar-refractivity contribution is -0.136. The number of anilines is 2. The van der Waals surface area contributed by atoms with Crippen LogP contribution in [0.2, 0.25) is 0 Å². The molecule has 2 heterocycles. The third kappa shape index (κ3) is 2.00. The smallest absolute Gasteiger partial charge is 0.385 e. The molecule has 0 saturated carbocycles. The van der Waals surface area contributed by atoms with Gasteiger partial charge in [0.15, 0.2) is 0 Å². The summed E-state index contributed by atoms with van der Waals surface area (Å²) < 4.78 is 38.3. The summed E-state index contributed by atoms with van der Waals surface area (Å²) in [4.78, 5) is 6.32. The molecule has 0 atom stereocenters. The summed E-state index contributed by atoms with van der Waals surface area (Å²) in [5.41, 5.74) is 5.25. The van der Waals surface area contributed by atoms with Gasteiger partial charge in [-0.1, -0.05) is 0 Å². The molecule has 0 amide bonds. The van der Waals surface area contributed by atoms with Gasteiger partial charge in [0.2, 0.25) is 0 Å². The first-order valence-electron chi connectivity index (χ1n) is 5.02. The van der Waals surface area contributed by atoms with E-state index in [0.717, 1.165) is 6.20 Å². The SMILES string of the molecule is CCNc1cc(N)nc2[nH]cc(C(F)(F)F)c12. The molecule has 0 radical (unpaired) electrons. The molecule has 0 saturated heterocycles. The van der Waals surface area contributed by atoms with Gasteiger partial charge in [0.25, 0.3) is 0 Å². The van der Waals surface area contributed by atoms with Crippen LogP contribution in [0.5, 0.6) is 0 Å². The number of aromatic nitrogens is 2. The number of pyridine rings is 1. The molecule has 92 valence electrons. The maximum Gasteiger partial charge on any atom is 0.418 e. The van der Waals surface area contributed by atoms with E-state index >= 15 is 0 Å². The van der Waals surface area contributed by atoms with Crippen molar-refractivity contribution in [2.24, 2.45) is 0 Å². The van der Waals surface area contributed by atoms with Crippen molar-refractivity contribution in [1.29, 1.82) is 0 Å². The predicted octanol–water partition coefficient (Wildman–Crippen LogP) is 2.60. The largest absolute Gasteiger partial charge is 0.418 e. The lowest BCUT2D eigenvalue weighted by Crippen LogP contribution is -2.06. The second-order valence-corrected chi connectivity index (χ2v) is 3.55. The lowest BCUT2D eigenvalue weighted by Gasteiger charge is -2.09. The Labute approximate surface area is 95.0 Å². The Bertz CT molecular complexity index is 544. The topological polar surface area (TPSA) is 66.7 Å². The number of hydrogen-bond acceptors (Lipinski definition) is 3. The fourth-order valence-electron chi connectivity index (χ4n) is 1.71. The van der Waals surface area contributed by atoms with Crippen LogP contribution in [0, 0.1) is 0 Å². The fourth-order valence-corrected chi connectivity index (χ4v) is 1.71. The summed E-state index contributed by atoms with van der Waals surface area (Å²) in [5, 5.41) is 2.87. The summed E-state index contributed by atoms with van der Waals surface area (Å²) in [5.74, 6) is 0.170. The number of nitrogen functional groups attached to an aromatic ring is 1. The highest BCUT2D eigenvalue weighted by Gasteiger charge is 2.35. The first-order chi connectivity index (χ1) is 7.93. The van der Waals surface area contributed by atoms with Crippen molar-refractivity contribution in [3.05, 3.63) is 17.8 Å². The molecule has 4 nitrogen and oxygen atoms in total. The quantitative estimate of drug-likeness (QED) is 0.760. The maximum absolute atomic E-state index is 12.8. The van der Waals surface area contributed by atoms with Crippen molar-refractivity contribution in [1.82, 2.24) is 9.97 Å². The average molecular weight is 244 g/mol. The average Bonchev–Trinajstić information content (AvgIpc) is 2.60. The van der Waals surface area contributed by atoms with Gasteiger partial charge in [0.05, 0.1) is 10.9 Å². The zero-order valence-corrected chi connectivity index (χ0v) is 9.02. The Balaban J connectivity index is 2.73. The number of nitrogens with one attached hydrogen (secondary N) is 2. The van der Waals surface area contributed by atoms with Crippen LogP contribution in [-0.2, 0) is 6.18 Å². The van der Waals surface area contributed by atoms with E-state index < -0.39 is 11.7 Å². The standard InChI is InChI=1S/C10H11F3N4/c1-2-15-6-3-7(14)17-9-8(6)5(4-16-9)10(11,12)13/h3-4H,2H2,1H3,(H4,14,15,16,17). The molecule has 0 fully saturated rings. The molecule has 2 aromatic heterocycles. The third-order valence-corrected chi connectivity index (χ3v) is 2.33. The third-order valence-electron chi connectivity index (χ3n) is 2.33. The predicted molar refractivity (Wildman–Crippen MR) is 59.7 cm³/mol. The van der Waals surface area contributed by atoms with Crippen LogP contribution >= 0.6 is 0 Å². The van der Waals surface area contributed by atoms with Gasteiger partial charge in [-0.25, -0.2) is 4.98 Å². The van der Waals surface area contributed by atoms with Gasteiger partial charge < -0.3 is 16.0 Å². The lowest BCUT2D eigenvalue weighted by atomic mass is 10.1. The minimum absolute atomic E-state index is 0.0218. The Hall–Kier alpha value is -1.92. The van der Waals surface area contributed by atoms with Crippen molar-refractivity contribution >= 4 is 22.5 Å².